The summed E-state index contributed by atoms with van der Waals surface area (Å²) in [6, 6.07) is 6.20. The molecule has 0 bridgehead atoms. The highest BCUT2D eigenvalue weighted by atomic mass is 16.7. The molecule has 2 aliphatic heterocycles. The van der Waals surface area contributed by atoms with E-state index in [1.807, 2.05) is 12.4 Å². The lowest BCUT2D eigenvalue weighted by molar-refractivity contribution is 0.0768. The second-order valence-corrected chi connectivity index (χ2v) is 7.67. The van der Waals surface area contributed by atoms with Crippen LogP contribution in [-0.2, 0) is 24.9 Å². The SMILES string of the molecule is CC(C)COC[C@H]1CN(Cc2ccc3c(c2)OCO3)Cc2ncn(C)c21. The second-order valence-electron chi connectivity index (χ2n) is 7.67. The molecule has 140 valence electrons. The summed E-state index contributed by atoms with van der Waals surface area (Å²) in [6.45, 7) is 8.92. The first-order valence-corrected chi connectivity index (χ1v) is 9.29. The van der Waals surface area contributed by atoms with E-state index in [9.17, 15) is 0 Å². The smallest absolute Gasteiger partial charge is 0.231 e. The van der Waals surface area contributed by atoms with Gasteiger partial charge in [-0.05, 0) is 23.6 Å². The Morgan fingerprint density at radius 2 is 2.12 bits per heavy atom. The number of aromatic nitrogens is 2. The van der Waals surface area contributed by atoms with Crippen LogP contribution < -0.4 is 9.47 Å². The van der Waals surface area contributed by atoms with Crippen molar-refractivity contribution in [2.24, 2.45) is 13.0 Å². The van der Waals surface area contributed by atoms with E-state index in [-0.39, 0.29) is 0 Å². The predicted octanol–water partition coefficient (Wildman–Crippen LogP) is 2.92. The Bertz CT molecular complexity index is 772. The molecule has 1 aromatic heterocycles. The summed E-state index contributed by atoms with van der Waals surface area (Å²) in [4.78, 5) is 7.06. The van der Waals surface area contributed by atoms with Gasteiger partial charge in [0.15, 0.2) is 11.5 Å². The topological polar surface area (TPSA) is 48.8 Å². The molecule has 2 aliphatic rings. The van der Waals surface area contributed by atoms with Crippen molar-refractivity contribution in [1.82, 2.24) is 14.5 Å². The van der Waals surface area contributed by atoms with E-state index in [1.165, 1.54) is 11.3 Å². The Labute approximate surface area is 154 Å². The van der Waals surface area contributed by atoms with E-state index in [2.05, 4.69) is 47.5 Å². The fourth-order valence-corrected chi connectivity index (χ4v) is 3.80. The third-order valence-electron chi connectivity index (χ3n) is 4.91. The largest absolute Gasteiger partial charge is 0.454 e. The maximum absolute atomic E-state index is 5.97. The lowest BCUT2D eigenvalue weighted by atomic mass is 9.98. The van der Waals surface area contributed by atoms with Crippen molar-refractivity contribution in [3.63, 3.8) is 0 Å². The monoisotopic (exact) mass is 357 g/mol. The van der Waals surface area contributed by atoms with Gasteiger partial charge in [-0.2, -0.15) is 0 Å². The Morgan fingerprint density at radius 3 is 2.96 bits per heavy atom. The second kappa shape index (κ2) is 7.29. The highest BCUT2D eigenvalue weighted by molar-refractivity contribution is 5.44. The molecule has 0 aliphatic carbocycles. The van der Waals surface area contributed by atoms with Gasteiger partial charge >= 0.3 is 0 Å². The van der Waals surface area contributed by atoms with Crippen LogP contribution in [0.2, 0.25) is 0 Å². The zero-order chi connectivity index (χ0) is 18.1. The number of fused-ring (bicyclic) bond motifs is 2. The standard InChI is InChI=1S/C20H27N3O3/c1-14(2)10-24-11-16-8-23(9-17-20(16)22(3)12-21-17)7-15-4-5-18-19(6-15)26-13-25-18/h4-6,12,14,16H,7-11,13H2,1-3H3/t16-/m1/s1. The molecule has 0 radical (unpaired) electrons. The predicted molar refractivity (Wildman–Crippen MR) is 98.3 cm³/mol. The first kappa shape index (κ1) is 17.4. The van der Waals surface area contributed by atoms with Crippen LogP contribution in [0, 0.1) is 5.92 Å². The number of ether oxygens (including phenoxy) is 3. The number of hydrogen-bond donors (Lipinski definition) is 0. The van der Waals surface area contributed by atoms with Crippen LogP contribution in [-0.4, -0.2) is 41.0 Å². The third-order valence-corrected chi connectivity index (χ3v) is 4.91. The van der Waals surface area contributed by atoms with Gasteiger partial charge in [-0.3, -0.25) is 4.90 Å². The van der Waals surface area contributed by atoms with Crippen LogP contribution in [0.3, 0.4) is 0 Å². The average Bonchev–Trinajstić information content (AvgIpc) is 3.21. The number of benzene rings is 1. The third kappa shape index (κ3) is 3.57. The molecule has 26 heavy (non-hydrogen) atoms. The summed E-state index contributed by atoms with van der Waals surface area (Å²) in [7, 11) is 2.08. The van der Waals surface area contributed by atoms with E-state index in [0.717, 1.165) is 50.0 Å². The van der Waals surface area contributed by atoms with E-state index in [4.69, 9.17) is 14.2 Å². The van der Waals surface area contributed by atoms with Gasteiger partial charge in [-0.1, -0.05) is 19.9 Å². The average molecular weight is 357 g/mol. The molecule has 0 unspecified atom stereocenters. The molecule has 1 atom stereocenters. The minimum absolute atomic E-state index is 0.315. The zero-order valence-corrected chi connectivity index (χ0v) is 15.8. The van der Waals surface area contributed by atoms with Gasteiger partial charge in [0.2, 0.25) is 6.79 Å². The highest BCUT2D eigenvalue weighted by Gasteiger charge is 2.29. The fourth-order valence-electron chi connectivity index (χ4n) is 3.80. The highest BCUT2D eigenvalue weighted by Crippen LogP contribution is 2.34. The molecule has 2 aromatic rings. The van der Waals surface area contributed by atoms with Crippen molar-refractivity contribution in [1.29, 1.82) is 0 Å². The zero-order valence-electron chi connectivity index (χ0n) is 15.8. The minimum Gasteiger partial charge on any atom is -0.454 e. The van der Waals surface area contributed by atoms with E-state index in [0.29, 0.717) is 18.6 Å². The van der Waals surface area contributed by atoms with E-state index < -0.39 is 0 Å². The molecular formula is C20H27N3O3. The molecule has 0 amide bonds. The van der Waals surface area contributed by atoms with E-state index in [1.54, 1.807) is 0 Å². The van der Waals surface area contributed by atoms with Gasteiger partial charge in [0.1, 0.15) is 0 Å². The summed E-state index contributed by atoms with van der Waals surface area (Å²) < 4.78 is 19.0. The molecule has 0 saturated carbocycles. The Morgan fingerprint density at radius 1 is 1.27 bits per heavy atom. The Hall–Kier alpha value is -2.05. The normalized spacial score (nSPS) is 19.2. The molecule has 0 saturated heterocycles. The molecule has 6 heteroatoms. The minimum atomic E-state index is 0.315. The molecule has 0 fully saturated rings. The summed E-state index contributed by atoms with van der Waals surface area (Å²) in [5.41, 5.74) is 3.71. The number of imidazole rings is 1. The summed E-state index contributed by atoms with van der Waals surface area (Å²) in [6.07, 6.45) is 1.92. The molecule has 3 heterocycles. The number of hydrogen-bond acceptors (Lipinski definition) is 5. The number of rotatable bonds is 6. The van der Waals surface area contributed by atoms with Crippen LogP contribution in [0.15, 0.2) is 24.5 Å². The van der Waals surface area contributed by atoms with Crippen molar-refractivity contribution >= 4 is 0 Å². The van der Waals surface area contributed by atoms with Crippen molar-refractivity contribution in [3.05, 3.63) is 41.5 Å². The van der Waals surface area contributed by atoms with Crippen LogP contribution in [0.25, 0.3) is 0 Å². The van der Waals surface area contributed by atoms with Gasteiger partial charge in [0.25, 0.3) is 0 Å². The maximum Gasteiger partial charge on any atom is 0.231 e. The van der Waals surface area contributed by atoms with Gasteiger partial charge in [0.05, 0.1) is 18.6 Å². The first-order chi connectivity index (χ1) is 12.6. The Kier molecular flexibility index (Phi) is 4.87. The first-order valence-electron chi connectivity index (χ1n) is 9.29. The van der Waals surface area contributed by atoms with Crippen molar-refractivity contribution in [3.8, 4) is 11.5 Å². The summed E-state index contributed by atoms with van der Waals surface area (Å²) in [5.74, 6) is 2.57. The van der Waals surface area contributed by atoms with Crippen molar-refractivity contribution < 1.29 is 14.2 Å². The summed E-state index contributed by atoms with van der Waals surface area (Å²) >= 11 is 0. The molecule has 6 nitrogen and oxygen atoms in total. The van der Waals surface area contributed by atoms with Crippen LogP contribution in [0.1, 0.15) is 36.7 Å². The quantitative estimate of drug-likeness (QED) is 0.796. The lowest BCUT2D eigenvalue weighted by Crippen LogP contribution is -2.36. The van der Waals surface area contributed by atoms with Gasteiger partial charge < -0.3 is 18.8 Å². The number of nitrogens with zero attached hydrogens (tertiary/aromatic N) is 3. The van der Waals surface area contributed by atoms with Gasteiger partial charge in [0, 0.05) is 44.9 Å². The lowest BCUT2D eigenvalue weighted by Gasteiger charge is -2.33. The van der Waals surface area contributed by atoms with Crippen molar-refractivity contribution in [2.45, 2.75) is 32.9 Å². The Balaban J connectivity index is 1.47. The van der Waals surface area contributed by atoms with Crippen LogP contribution in [0.4, 0.5) is 0 Å². The van der Waals surface area contributed by atoms with Crippen LogP contribution in [0.5, 0.6) is 11.5 Å². The molecule has 0 N–H and O–H groups in total. The van der Waals surface area contributed by atoms with Crippen molar-refractivity contribution in [2.75, 3.05) is 26.6 Å². The number of aryl methyl sites for hydroxylation is 1. The van der Waals surface area contributed by atoms with Crippen LogP contribution >= 0.6 is 0 Å². The molecular weight excluding hydrogens is 330 g/mol. The van der Waals surface area contributed by atoms with Gasteiger partial charge in [-0.15, -0.1) is 0 Å². The maximum atomic E-state index is 5.97. The molecule has 1 aromatic carbocycles. The van der Waals surface area contributed by atoms with Gasteiger partial charge in [-0.25, -0.2) is 4.98 Å². The summed E-state index contributed by atoms with van der Waals surface area (Å²) in [5, 5.41) is 0. The molecule has 4 rings (SSSR count). The fraction of sp³-hybridized carbons (Fsp3) is 0.550. The van der Waals surface area contributed by atoms with E-state index >= 15 is 0 Å². The molecule has 0 spiro atoms.